The molecule has 0 aliphatic carbocycles. The van der Waals surface area contributed by atoms with E-state index in [4.69, 9.17) is 4.74 Å². The lowest BCUT2D eigenvalue weighted by Crippen LogP contribution is -2.37. The highest BCUT2D eigenvalue weighted by Crippen LogP contribution is 2.27. The zero-order valence-electron chi connectivity index (χ0n) is 21.6. The first kappa shape index (κ1) is 25.7. The molecule has 0 saturated carbocycles. The third-order valence-electron chi connectivity index (χ3n) is 6.43. The number of allylic oxidation sites excluding steroid dienone is 1. The predicted octanol–water partition coefficient (Wildman–Crippen LogP) is 5.24. The second kappa shape index (κ2) is 12.6. The Balaban J connectivity index is 0.00000196. The average molecular weight is 523 g/mol. The Bertz CT molecular complexity index is 1300. The van der Waals surface area contributed by atoms with Crippen molar-refractivity contribution in [2.75, 3.05) is 55.0 Å². The summed E-state index contributed by atoms with van der Waals surface area (Å²) in [6, 6.07) is 10.4. The number of halogens is 1. The number of morpholine rings is 1. The lowest BCUT2D eigenvalue weighted by atomic mass is 9.96. The molecule has 0 spiro atoms. The summed E-state index contributed by atoms with van der Waals surface area (Å²) in [5, 5.41) is 11.1. The smallest absolute Gasteiger partial charge is 0.245 e. The van der Waals surface area contributed by atoms with E-state index < -0.39 is 5.82 Å². The van der Waals surface area contributed by atoms with Gasteiger partial charge < -0.3 is 20.3 Å². The number of benzene rings is 1. The fourth-order valence-electron chi connectivity index (χ4n) is 4.57. The van der Waals surface area contributed by atoms with Gasteiger partial charge in [0.25, 0.3) is 0 Å². The minimum absolute atomic E-state index is 0. The summed E-state index contributed by atoms with van der Waals surface area (Å²) in [4.78, 5) is 14.6. The molecule has 204 valence electrons. The zero-order chi connectivity index (χ0) is 26.2. The van der Waals surface area contributed by atoms with Crippen LogP contribution < -0.4 is 21.0 Å². The van der Waals surface area contributed by atoms with Crippen LogP contribution in [0.15, 0.2) is 53.9 Å². The molecule has 5 rings (SSSR count). The Kier molecular flexibility index (Phi) is 8.52. The maximum Gasteiger partial charge on any atom is 0.245 e. The van der Waals surface area contributed by atoms with Crippen molar-refractivity contribution in [2.24, 2.45) is 5.10 Å². The minimum atomic E-state index is -0.467. The molecule has 0 bridgehead atoms. The fourth-order valence-corrected chi connectivity index (χ4v) is 4.57. The number of nitrogens with zero attached hydrogens (tertiary/aromatic N) is 5. The number of hydrazone groups is 1. The molecule has 9 nitrogen and oxygen atoms in total. The monoisotopic (exact) mass is 522 g/mol. The van der Waals surface area contributed by atoms with Gasteiger partial charge in [-0.3, -0.25) is 4.98 Å². The molecule has 0 radical (unpaired) electrons. The molecule has 1 aromatic carbocycles. The molecule has 0 atom stereocenters. The standard InChI is InChI=1S/C28H33FN8O.3H2/c1-20-14-22(21-4-2-8-30-9-3-5-21)16-25(15-20)34-24-7-6-23(31-17-24)18-33-36-28-32-19-26(29)27(35-28)37-10-12-38-13-11-37;;;/h4,6-7,14-19,30,34H,2-3,5,8-13H2,1H3,(H,32,35,36);3*1H/b21-4?,33-18+;;;. The van der Waals surface area contributed by atoms with Crippen molar-refractivity contribution >= 4 is 34.9 Å². The van der Waals surface area contributed by atoms with Crippen molar-refractivity contribution in [1.82, 2.24) is 20.3 Å². The number of aryl methyl sites for hydroxylation is 1. The van der Waals surface area contributed by atoms with Gasteiger partial charge >= 0.3 is 0 Å². The summed E-state index contributed by atoms with van der Waals surface area (Å²) in [7, 11) is 0. The fraction of sp³-hybridized carbons (Fsp3) is 0.357. The van der Waals surface area contributed by atoms with E-state index in [0.717, 1.165) is 49.9 Å². The maximum absolute atomic E-state index is 14.2. The van der Waals surface area contributed by atoms with Crippen LogP contribution in [0.25, 0.3) is 5.57 Å². The van der Waals surface area contributed by atoms with Crippen LogP contribution in [0.3, 0.4) is 0 Å². The van der Waals surface area contributed by atoms with Gasteiger partial charge in [-0.05, 0) is 80.2 Å². The molecular weight excluding hydrogens is 483 g/mol. The summed E-state index contributed by atoms with van der Waals surface area (Å²) in [5.74, 6) is -0.00400. The Morgan fingerprint density at radius 3 is 2.84 bits per heavy atom. The number of nitrogens with one attached hydrogen (secondary N) is 3. The largest absolute Gasteiger partial charge is 0.378 e. The van der Waals surface area contributed by atoms with Crippen LogP contribution in [0.5, 0.6) is 0 Å². The second-order valence-electron chi connectivity index (χ2n) is 9.39. The number of ether oxygens (including phenoxy) is 1. The summed E-state index contributed by atoms with van der Waals surface area (Å²) >= 11 is 0. The first-order valence-electron chi connectivity index (χ1n) is 13.0. The van der Waals surface area contributed by atoms with Crippen LogP contribution in [0, 0.1) is 12.7 Å². The number of rotatable bonds is 7. The van der Waals surface area contributed by atoms with E-state index in [1.165, 1.54) is 16.7 Å². The first-order chi connectivity index (χ1) is 18.6. The van der Waals surface area contributed by atoms with Gasteiger partial charge in [0.05, 0.1) is 43.2 Å². The quantitative estimate of drug-likeness (QED) is 0.286. The van der Waals surface area contributed by atoms with E-state index in [2.05, 4.69) is 67.3 Å². The van der Waals surface area contributed by atoms with Crippen LogP contribution in [0.2, 0.25) is 0 Å². The number of aromatic nitrogens is 3. The molecule has 0 amide bonds. The van der Waals surface area contributed by atoms with Crippen LogP contribution in [0.4, 0.5) is 27.5 Å². The summed E-state index contributed by atoms with van der Waals surface area (Å²) < 4.78 is 19.5. The van der Waals surface area contributed by atoms with E-state index >= 15 is 0 Å². The van der Waals surface area contributed by atoms with Crippen LogP contribution >= 0.6 is 0 Å². The molecule has 3 aromatic rings. The van der Waals surface area contributed by atoms with Crippen LogP contribution in [-0.4, -0.2) is 60.6 Å². The van der Waals surface area contributed by atoms with Gasteiger partial charge in [0, 0.05) is 23.1 Å². The van der Waals surface area contributed by atoms with Gasteiger partial charge in [0.2, 0.25) is 5.95 Å². The molecule has 4 heterocycles. The zero-order valence-corrected chi connectivity index (χ0v) is 21.6. The highest BCUT2D eigenvalue weighted by atomic mass is 19.1. The highest BCUT2D eigenvalue weighted by Gasteiger charge is 2.17. The topological polar surface area (TPSA) is 99.6 Å². The van der Waals surface area contributed by atoms with E-state index in [1.54, 1.807) is 12.4 Å². The Morgan fingerprint density at radius 2 is 2.00 bits per heavy atom. The molecule has 2 aromatic heterocycles. The van der Waals surface area contributed by atoms with E-state index in [1.807, 2.05) is 17.0 Å². The molecule has 3 N–H and O–H groups in total. The van der Waals surface area contributed by atoms with Gasteiger partial charge in [-0.2, -0.15) is 10.1 Å². The molecule has 0 unspecified atom stereocenters. The molecule has 38 heavy (non-hydrogen) atoms. The third kappa shape index (κ3) is 6.90. The summed E-state index contributed by atoms with van der Waals surface area (Å²) in [6.45, 7) is 6.48. The van der Waals surface area contributed by atoms with E-state index in [9.17, 15) is 4.39 Å². The van der Waals surface area contributed by atoms with Gasteiger partial charge in [-0.15, -0.1) is 0 Å². The molecule has 2 aliphatic rings. The van der Waals surface area contributed by atoms with Gasteiger partial charge in [0.1, 0.15) is 0 Å². The van der Waals surface area contributed by atoms with E-state index in [-0.39, 0.29) is 16.0 Å². The number of hydrogen-bond donors (Lipinski definition) is 3. The van der Waals surface area contributed by atoms with Crippen molar-refractivity contribution in [2.45, 2.75) is 26.2 Å². The van der Waals surface area contributed by atoms with Crippen LogP contribution in [-0.2, 0) is 4.74 Å². The second-order valence-corrected chi connectivity index (χ2v) is 9.39. The lowest BCUT2D eigenvalue weighted by molar-refractivity contribution is 0.122. The third-order valence-corrected chi connectivity index (χ3v) is 6.43. The van der Waals surface area contributed by atoms with Crippen molar-refractivity contribution in [3.05, 3.63) is 71.4 Å². The highest BCUT2D eigenvalue weighted by molar-refractivity contribution is 5.78. The molecule has 10 heteroatoms. The molecule has 1 saturated heterocycles. The molecule has 2 aliphatic heterocycles. The molecular formula is C28H39FN8O. The number of hydrogen-bond acceptors (Lipinski definition) is 9. The Morgan fingerprint density at radius 1 is 1.11 bits per heavy atom. The van der Waals surface area contributed by atoms with Crippen LogP contribution in [0.1, 0.15) is 40.4 Å². The Hall–Kier alpha value is -3.89. The Labute approximate surface area is 226 Å². The minimum Gasteiger partial charge on any atom is -0.378 e. The van der Waals surface area contributed by atoms with Crippen molar-refractivity contribution in [1.29, 1.82) is 0 Å². The van der Waals surface area contributed by atoms with E-state index in [0.29, 0.717) is 32.0 Å². The number of pyridine rings is 1. The normalized spacial score (nSPS) is 16.6. The van der Waals surface area contributed by atoms with Gasteiger partial charge in [-0.25, -0.2) is 14.8 Å². The van der Waals surface area contributed by atoms with Crippen molar-refractivity contribution in [3.8, 4) is 0 Å². The van der Waals surface area contributed by atoms with Crippen molar-refractivity contribution in [3.63, 3.8) is 0 Å². The molecule has 1 fully saturated rings. The average Bonchev–Trinajstić information content (AvgIpc) is 2.91. The number of anilines is 4. The van der Waals surface area contributed by atoms with Gasteiger partial charge in [-0.1, -0.05) is 12.1 Å². The van der Waals surface area contributed by atoms with Gasteiger partial charge in [0.15, 0.2) is 11.6 Å². The summed E-state index contributed by atoms with van der Waals surface area (Å²) in [5.41, 5.74) is 9.26. The first-order valence-corrected chi connectivity index (χ1v) is 13.0. The SMILES string of the molecule is Cc1cc(Nc2ccc(/C=N/Nc3ncc(F)c(N4CCOCC4)n3)nc2)cc(C2=CCCNCCC2)c1.[HH].[HH].[HH]. The summed E-state index contributed by atoms with van der Waals surface area (Å²) in [6.07, 6.45) is 10.1. The lowest BCUT2D eigenvalue weighted by Gasteiger charge is -2.27. The van der Waals surface area contributed by atoms with Crippen molar-refractivity contribution < 1.29 is 13.4 Å². The predicted molar refractivity (Wildman–Crippen MR) is 156 cm³/mol. The maximum atomic E-state index is 14.2.